The lowest BCUT2D eigenvalue weighted by atomic mass is 10.1. The fourth-order valence-corrected chi connectivity index (χ4v) is 2.54. The molecule has 3 aromatic rings. The number of carbonyl (C=O) groups is 1. The predicted octanol–water partition coefficient (Wildman–Crippen LogP) is 3.11. The van der Waals surface area contributed by atoms with Crippen LogP contribution >= 0.6 is 0 Å². The molecule has 1 aromatic heterocycles. The van der Waals surface area contributed by atoms with Gasteiger partial charge in [-0.1, -0.05) is 6.07 Å². The van der Waals surface area contributed by atoms with Gasteiger partial charge in [0.25, 0.3) is 0 Å². The molecule has 124 valence electrons. The van der Waals surface area contributed by atoms with E-state index in [-0.39, 0.29) is 19.1 Å². The van der Waals surface area contributed by atoms with Crippen LogP contribution in [-0.2, 0) is 11.2 Å². The number of benzene rings is 2. The maximum Gasteiger partial charge on any atom is 0.224 e. The minimum Gasteiger partial charge on any atom is -0.491 e. The molecule has 0 unspecified atom stereocenters. The van der Waals surface area contributed by atoms with Crippen LogP contribution in [0.4, 0.5) is 5.69 Å². The van der Waals surface area contributed by atoms with Gasteiger partial charge in [-0.25, -0.2) is 0 Å². The number of aromatic amines is 1. The van der Waals surface area contributed by atoms with Gasteiger partial charge in [0, 0.05) is 23.8 Å². The molecule has 5 heteroatoms. The lowest BCUT2D eigenvalue weighted by molar-refractivity contribution is -0.116. The second-order valence-corrected chi connectivity index (χ2v) is 5.54. The van der Waals surface area contributed by atoms with Crippen LogP contribution in [0.2, 0.25) is 0 Å². The minimum atomic E-state index is -0.0208. The highest BCUT2D eigenvalue weighted by atomic mass is 16.5. The molecule has 0 atom stereocenters. The molecule has 2 aromatic carbocycles. The number of H-pyrrole nitrogens is 1. The summed E-state index contributed by atoms with van der Waals surface area (Å²) in [5.41, 5.74) is 2.98. The van der Waals surface area contributed by atoms with Crippen LogP contribution in [0, 0.1) is 0 Å². The van der Waals surface area contributed by atoms with E-state index in [0.29, 0.717) is 18.6 Å². The summed E-state index contributed by atoms with van der Waals surface area (Å²) < 4.78 is 5.28. The van der Waals surface area contributed by atoms with Crippen molar-refractivity contribution < 1.29 is 14.6 Å². The topological polar surface area (TPSA) is 74.4 Å². The number of fused-ring (bicyclic) bond motifs is 1. The molecule has 0 aliphatic carbocycles. The van der Waals surface area contributed by atoms with Crippen molar-refractivity contribution in [3.63, 3.8) is 0 Å². The summed E-state index contributed by atoms with van der Waals surface area (Å²) in [6, 6.07) is 15.3. The number of hydrogen-bond donors (Lipinski definition) is 3. The number of aliphatic hydroxyl groups is 1. The number of ether oxygens (including phenoxy) is 1. The SMILES string of the molecule is O=C(CCc1ccc2[nH]ccc2c1)Nc1ccc(OCCO)cc1. The van der Waals surface area contributed by atoms with E-state index >= 15 is 0 Å². The molecule has 3 rings (SSSR count). The Morgan fingerprint density at radius 3 is 2.75 bits per heavy atom. The minimum absolute atomic E-state index is 0.0202. The number of aliphatic hydroxyl groups excluding tert-OH is 1. The fourth-order valence-electron chi connectivity index (χ4n) is 2.54. The molecule has 0 fully saturated rings. The average Bonchev–Trinajstić information content (AvgIpc) is 3.07. The van der Waals surface area contributed by atoms with Crippen LogP contribution in [0.15, 0.2) is 54.7 Å². The third-order valence-corrected chi connectivity index (χ3v) is 3.76. The maximum absolute atomic E-state index is 12.1. The molecule has 5 nitrogen and oxygen atoms in total. The van der Waals surface area contributed by atoms with E-state index in [1.54, 1.807) is 24.3 Å². The Kier molecular flexibility index (Phi) is 5.13. The summed E-state index contributed by atoms with van der Waals surface area (Å²) >= 11 is 0. The van der Waals surface area contributed by atoms with E-state index in [9.17, 15) is 4.79 Å². The zero-order valence-corrected chi connectivity index (χ0v) is 13.3. The molecule has 0 saturated heterocycles. The second-order valence-electron chi connectivity index (χ2n) is 5.54. The van der Waals surface area contributed by atoms with Crippen LogP contribution in [-0.4, -0.2) is 29.2 Å². The van der Waals surface area contributed by atoms with Gasteiger partial charge in [0.2, 0.25) is 5.91 Å². The lowest BCUT2D eigenvalue weighted by Crippen LogP contribution is -2.12. The Labute approximate surface area is 140 Å². The van der Waals surface area contributed by atoms with Gasteiger partial charge in [0.1, 0.15) is 12.4 Å². The van der Waals surface area contributed by atoms with Crippen LogP contribution in [0.5, 0.6) is 5.75 Å². The quantitative estimate of drug-likeness (QED) is 0.625. The zero-order chi connectivity index (χ0) is 16.8. The van der Waals surface area contributed by atoms with Crippen molar-refractivity contribution in [2.75, 3.05) is 18.5 Å². The number of hydrogen-bond acceptors (Lipinski definition) is 3. The molecule has 1 heterocycles. The van der Waals surface area contributed by atoms with Gasteiger partial charge in [-0.3, -0.25) is 4.79 Å². The first-order valence-corrected chi connectivity index (χ1v) is 7.94. The number of amides is 1. The molecule has 0 saturated carbocycles. The number of nitrogens with one attached hydrogen (secondary N) is 2. The van der Waals surface area contributed by atoms with Crippen molar-refractivity contribution in [3.8, 4) is 5.75 Å². The number of anilines is 1. The van der Waals surface area contributed by atoms with Gasteiger partial charge in [0.05, 0.1) is 6.61 Å². The largest absolute Gasteiger partial charge is 0.491 e. The second kappa shape index (κ2) is 7.66. The van der Waals surface area contributed by atoms with E-state index in [1.165, 1.54) is 0 Å². The highest BCUT2D eigenvalue weighted by Crippen LogP contribution is 2.17. The van der Waals surface area contributed by atoms with E-state index in [2.05, 4.69) is 16.4 Å². The van der Waals surface area contributed by atoms with E-state index in [0.717, 1.165) is 22.2 Å². The number of rotatable bonds is 7. The summed E-state index contributed by atoms with van der Waals surface area (Å²) in [5, 5.41) is 12.8. The first kappa shape index (κ1) is 16.1. The molecular formula is C19H20N2O3. The first-order valence-electron chi connectivity index (χ1n) is 7.94. The van der Waals surface area contributed by atoms with Crippen LogP contribution in [0.3, 0.4) is 0 Å². The predicted molar refractivity (Wildman–Crippen MR) is 94.3 cm³/mol. The standard InChI is InChI=1S/C19H20N2O3/c22-11-12-24-17-5-3-16(4-6-17)21-19(23)8-2-14-1-7-18-15(13-14)9-10-20-18/h1,3-7,9-10,13,20,22H,2,8,11-12H2,(H,21,23). The summed E-state index contributed by atoms with van der Waals surface area (Å²) in [6.45, 7) is 0.240. The molecule has 0 aliphatic rings. The van der Waals surface area contributed by atoms with Crippen molar-refractivity contribution in [1.82, 2.24) is 4.98 Å². The summed E-state index contributed by atoms with van der Waals surface area (Å²) in [6.07, 6.45) is 3.04. The molecule has 24 heavy (non-hydrogen) atoms. The van der Waals surface area contributed by atoms with E-state index in [4.69, 9.17) is 9.84 Å². The van der Waals surface area contributed by atoms with Gasteiger partial charge in [-0.05, 0) is 59.8 Å². The lowest BCUT2D eigenvalue weighted by Gasteiger charge is -2.08. The molecule has 0 spiro atoms. The number of carbonyl (C=O) groups excluding carboxylic acids is 1. The fraction of sp³-hybridized carbons (Fsp3) is 0.211. The molecule has 0 radical (unpaired) electrons. The van der Waals surface area contributed by atoms with Crippen LogP contribution < -0.4 is 10.1 Å². The first-order chi connectivity index (χ1) is 11.7. The summed E-state index contributed by atoms with van der Waals surface area (Å²) in [7, 11) is 0. The van der Waals surface area contributed by atoms with Crippen molar-refractivity contribution in [2.24, 2.45) is 0 Å². The third kappa shape index (κ3) is 4.14. The maximum atomic E-state index is 12.1. The highest BCUT2D eigenvalue weighted by Gasteiger charge is 2.05. The molecule has 3 N–H and O–H groups in total. The van der Waals surface area contributed by atoms with Gasteiger partial charge in [0.15, 0.2) is 0 Å². The Morgan fingerprint density at radius 1 is 1.12 bits per heavy atom. The zero-order valence-electron chi connectivity index (χ0n) is 13.3. The Balaban J connectivity index is 1.51. The third-order valence-electron chi connectivity index (χ3n) is 3.76. The van der Waals surface area contributed by atoms with Gasteiger partial charge in [-0.15, -0.1) is 0 Å². The Morgan fingerprint density at radius 2 is 1.96 bits per heavy atom. The average molecular weight is 324 g/mol. The van der Waals surface area contributed by atoms with Crippen LogP contribution in [0.25, 0.3) is 10.9 Å². The highest BCUT2D eigenvalue weighted by molar-refractivity contribution is 5.91. The number of aromatic nitrogens is 1. The van der Waals surface area contributed by atoms with Crippen LogP contribution in [0.1, 0.15) is 12.0 Å². The smallest absolute Gasteiger partial charge is 0.224 e. The summed E-state index contributed by atoms with van der Waals surface area (Å²) in [5.74, 6) is 0.648. The number of aryl methyl sites for hydroxylation is 1. The normalized spacial score (nSPS) is 10.7. The molecular weight excluding hydrogens is 304 g/mol. The van der Waals surface area contributed by atoms with E-state index in [1.807, 2.05) is 24.4 Å². The molecule has 1 amide bonds. The van der Waals surface area contributed by atoms with Crippen molar-refractivity contribution in [1.29, 1.82) is 0 Å². The molecule has 0 aliphatic heterocycles. The summed E-state index contributed by atoms with van der Waals surface area (Å²) in [4.78, 5) is 15.2. The Bertz CT molecular complexity index is 809. The monoisotopic (exact) mass is 324 g/mol. The van der Waals surface area contributed by atoms with Gasteiger partial charge in [-0.2, -0.15) is 0 Å². The van der Waals surface area contributed by atoms with Crippen molar-refractivity contribution in [3.05, 3.63) is 60.3 Å². The Hall–Kier alpha value is -2.79. The van der Waals surface area contributed by atoms with Crippen molar-refractivity contribution in [2.45, 2.75) is 12.8 Å². The van der Waals surface area contributed by atoms with Crippen molar-refractivity contribution >= 4 is 22.5 Å². The molecule has 0 bridgehead atoms. The van der Waals surface area contributed by atoms with E-state index < -0.39 is 0 Å². The van der Waals surface area contributed by atoms with Gasteiger partial charge < -0.3 is 20.1 Å². The van der Waals surface area contributed by atoms with Gasteiger partial charge >= 0.3 is 0 Å².